The Bertz CT molecular complexity index is 873. The molecule has 140 valence electrons. The summed E-state index contributed by atoms with van der Waals surface area (Å²) in [6, 6.07) is 10.4. The Labute approximate surface area is 162 Å². The lowest BCUT2D eigenvalue weighted by atomic mass is 10.2. The summed E-state index contributed by atoms with van der Waals surface area (Å²) in [5, 5.41) is 0.587. The normalized spacial score (nSPS) is 15.7. The van der Waals surface area contributed by atoms with Gasteiger partial charge in [0.2, 0.25) is 0 Å². The summed E-state index contributed by atoms with van der Waals surface area (Å²) in [6.45, 7) is 1.28. The maximum atomic E-state index is 12.6. The van der Waals surface area contributed by atoms with Crippen LogP contribution in [0.4, 0.5) is 0 Å². The Hall–Kier alpha value is -1.41. The van der Waals surface area contributed by atoms with Gasteiger partial charge in [-0.1, -0.05) is 30.2 Å². The van der Waals surface area contributed by atoms with Crippen LogP contribution in [0.2, 0.25) is 5.02 Å². The van der Waals surface area contributed by atoms with Crippen molar-refractivity contribution in [2.45, 2.75) is 36.5 Å². The number of esters is 1. The summed E-state index contributed by atoms with van der Waals surface area (Å²) in [5.74, 6) is -0.395. The van der Waals surface area contributed by atoms with Crippen molar-refractivity contribution in [3.8, 4) is 0 Å². The number of rotatable bonds is 6. The number of hydrogen-bond donors (Lipinski definition) is 0. The molecule has 0 saturated carbocycles. The van der Waals surface area contributed by atoms with Crippen LogP contribution in [0.15, 0.2) is 40.6 Å². The minimum atomic E-state index is -3.45. The van der Waals surface area contributed by atoms with Crippen molar-refractivity contribution < 1.29 is 17.9 Å². The molecule has 2 aromatic rings. The molecular formula is C18H20ClNO4S2. The van der Waals surface area contributed by atoms with Gasteiger partial charge in [-0.05, 0) is 42.7 Å². The van der Waals surface area contributed by atoms with E-state index < -0.39 is 16.0 Å². The van der Waals surface area contributed by atoms with Gasteiger partial charge in [0.15, 0.2) is 0 Å². The van der Waals surface area contributed by atoms with E-state index in [-0.39, 0.29) is 17.2 Å². The van der Waals surface area contributed by atoms with E-state index in [9.17, 15) is 13.2 Å². The maximum absolute atomic E-state index is 12.6. The van der Waals surface area contributed by atoms with E-state index in [4.69, 9.17) is 16.3 Å². The van der Waals surface area contributed by atoms with Crippen molar-refractivity contribution in [1.82, 2.24) is 4.31 Å². The molecule has 0 aliphatic carbocycles. The second-order valence-electron chi connectivity index (χ2n) is 6.15. The molecule has 1 aromatic carbocycles. The number of carbonyl (C=O) groups is 1. The molecule has 1 aromatic heterocycles. The second-order valence-corrected chi connectivity index (χ2v) is 9.92. The maximum Gasteiger partial charge on any atom is 0.311 e. The number of nitrogens with zero attached hydrogens (tertiary/aromatic N) is 1. The molecule has 0 unspecified atom stereocenters. The Kier molecular flexibility index (Phi) is 6.34. The van der Waals surface area contributed by atoms with Crippen molar-refractivity contribution in [1.29, 1.82) is 0 Å². The first-order valence-corrected chi connectivity index (χ1v) is 11.1. The number of benzene rings is 1. The fraction of sp³-hybridized carbons (Fsp3) is 0.389. The molecular weight excluding hydrogens is 394 g/mol. The Morgan fingerprint density at radius 1 is 1.15 bits per heavy atom. The van der Waals surface area contributed by atoms with Crippen LogP contribution in [0.3, 0.4) is 0 Å². The van der Waals surface area contributed by atoms with E-state index in [1.165, 1.54) is 4.31 Å². The second kappa shape index (κ2) is 8.52. The summed E-state index contributed by atoms with van der Waals surface area (Å²) >= 11 is 7.03. The van der Waals surface area contributed by atoms with Crippen LogP contribution >= 0.6 is 22.9 Å². The van der Waals surface area contributed by atoms with Crippen molar-refractivity contribution in [3.05, 3.63) is 51.9 Å². The summed E-state index contributed by atoms with van der Waals surface area (Å²) in [5.41, 5.74) is 0.811. The van der Waals surface area contributed by atoms with Gasteiger partial charge in [-0.15, -0.1) is 11.3 Å². The Morgan fingerprint density at radius 3 is 2.65 bits per heavy atom. The smallest absolute Gasteiger partial charge is 0.311 e. The highest BCUT2D eigenvalue weighted by atomic mass is 35.5. The minimum Gasteiger partial charge on any atom is -0.461 e. The molecule has 8 heteroatoms. The fourth-order valence-corrected chi connectivity index (χ4v) is 6.03. The number of hydrogen-bond acceptors (Lipinski definition) is 5. The first-order chi connectivity index (χ1) is 12.4. The largest absolute Gasteiger partial charge is 0.461 e. The molecule has 0 atom stereocenters. The molecule has 26 heavy (non-hydrogen) atoms. The van der Waals surface area contributed by atoms with Crippen LogP contribution in [0.1, 0.15) is 29.7 Å². The van der Waals surface area contributed by atoms with Crippen molar-refractivity contribution in [2.24, 2.45) is 0 Å². The van der Waals surface area contributed by atoms with Gasteiger partial charge >= 0.3 is 5.97 Å². The van der Waals surface area contributed by atoms with Crippen LogP contribution in [0.5, 0.6) is 0 Å². The van der Waals surface area contributed by atoms with E-state index in [1.54, 1.807) is 30.3 Å². The molecule has 1 aliphatic rings. The number of ether oxygens (including phenoxy) is 1. The predicted octanol–water partition coefficient (Wildman–Crippen LogP) is 3.86. The third-order valence-corrected chi connectivity index (χ3v) is 7.84. The number of sulfonamides is 1. The molecule has 0 spiro atoms. The molecule has 0 amide bonds. The van der Waals surface area contributed by atoms with E-state index in [1.807, 2.05) is 6.07 Å². The molecule has 5 nitrogen and oxygen atoms in total. The van der Waals surface area contributed by atoms with Crippen LogP contribution in [0.25, 0.3) is 0 Å². The lowest BCUT2D eigenvalue weighted by molar-refractivity contribution is -0.144. The lowest BCUT2D eigenvalue weighted by Crippen LogP contribution is -2.35. The molecule has 1 fully saturated rings. The van der Waals surface area contributed by atoms with E-state index >= 15 is 0 Å². The standard InChI is InChI=1S/C18H20ClNO4S2/c19-15-6-4-5-14(11-15)13-24-17(21)12-16-7-8-18(25-16)26(22,23)20-9-2-1-3-10-20/h4-8,11H,1-3,9-10,12-13H2. The molecule has 0 N–H and O–H groups in total. The third kappa shape index (κ3) is 4.85. The van der Waals surface area contributed by atoms with Crippen LogP contribution in [0, 0.1) is 0 Å². The van der Waals surface area contributed by atoms with Gasteiger partial charge in [-0.3, -0.25) is 4.79 Å². The van der Waals surface area contributed by atoms with E-state index in [0.717, 1.165) is 36.2 Å². The predicted molar refractivity (Wildman–Crippen MR) is 102 cm³/mol. The third-order valence-electron chi connectivity index (χ3n) is 4.15. The Morgan fingerprint density at radius 2 is 1.92 bits per heavy atom. The lowest BCUT2D eigenvalue weighted by Gasteiger charge is -2.25. The monoisotopic (exact) mass is 413 g/mol. The van der Waals surface area contributed by atoms with Crippen molar-refractivity contribution in [2.75, 3.05) is 13.1 Å². The average molecular weight is 414 g/mol. The summed E-state index contributed by atoms with van der Waals surface area (Å²) in [6.07, 6.45) is 2.92. The number of carbonyl (C=O) groups excluding carboxylic acids is 1. The van der Waals surface area contributed by atoms with Crippen molar-refractivity contribution >= 4 is 38.9 Å². The van der Waals surface area contributed by atoms with Gasteiger partial charge < -0.3 is 4.74 Å². The van der Waals surface area contributed by atoms with Gasteiger partial charge in [0.1, 0.15) is 10.8 Å². The fourth-order valence-electron chi connectivity index (χ4n) is 2.81. The summed E-state index contributed by atoms with van der Waals surface area (Å²) in [4.78, 5) is 12.7. The zero-order chi connectivity index (χ0) is 18.6. The number of piperidine rings is 1. The molecule has 1 saturated heterocycles. The van der Waals surface area contributed by atoms with Gasteiger partial charge in [0.25, 0.3) is 10.0 Å². The first kappa shape index (κ1) is 19.4. The van der Waals surface area contributed by atoms with Gasteiger partial charge in [-0.25, -0.2) is 8.42 Å². The van der Waals surface area contributed by atoms with Crippen LogP contribution in [-0.4, -0.2) is 31.8 Å². The van der Waals surface area contributed by atoms with Crippen molar-refractivity contribution in [3.63, 3.8) is 0 Å². The van der Waals surface area contributed by atoms with E-state index in [2.05, 4.69) is 0 Å². The molecule has 2 heterocycles. The van der Waals surface area contributed by atoms with Crippen LogP contribution in [-0.2, 0) is 32.6 Å². The number of halogens is 1. The van der Waals surface area contributed by atoms with Gasteiger partial charge in [0, 0.05) is 23.0 Å². The average Bonchev–Trinajstić information content (AvgIpc) is 3.10. The summed E-state index contributed by atoms with van der Waals surface area (Å²) < 4.78 is 32.3. The molecule has 3 rings (SSSR count). The summed E-state index contributed by atoms with van der Waals surface area (Å²) in [7, 11) is -3.45. The molecule has 0 bridgehead atoms. The van der Waals surface area contributed by atoms with Crippen LogP contribution < -0.4 is 0 Å². The van der Waals surface area contributed by atoms with Gasteiger partial charge in [0.05, 0.1) is 6.42 Å². The SMILES string of the molecule is O=C(Cc1ccc(S(=O)(=O)N2CCCCC2)s1)OCc1cccc(Cl)c1. The quantitative estimate of drug-likeness (QED) is 0.674. The van der Waals surface area contributed by atoms with Gasteiger partial charge in [-0.2, -0.15) is 4.31 Å². The highest BCUT2D eigenvalue weighted by Crippen LogP contribution is 2.27. The first-order valence-electron chi connectivity index (χ1n) is 8.44. The highest BCUT2D eigenvalue weighted by molar-refractivity contribution is 7.91. The Balaban J connectivity index is 1.58. The topological polar surface area (TPSA) is 63.7 Å². The van der Waals surface area contributed by atoms with E-state index in [0.29, 0.717) is 23.0 Å². The number of thiophene rings is 1. The highest BCUT2D eigenvalue weighted by Gasteiger charge is 2.27. The zero-order valence-electron chi connectivity index (χ0n) is 14.2. The molecule has 0 radical (unpaired) electrons. The zero-order valence-corrected chi connectivity index (χ0v) is 16.6. The molecule has 1 aliphatic heterocycles. The minimum absolute atomic E-state index is 0.0563.